The Balaban J connectivity index is 1.68. The van der Waals surface area contributed by atoms with E-state index in [9.17, 15) is 9.90 Å². The minimum atomic E-state index is -0.876. The molecule has 1 atom stereocenters. The zero-order chi connectivity index (χ0) is 18.3. The Morgan fingerprint density at radius 3 is 2.92 bits per heavy atom. The molecule has 26 heavy (non-hydrogen) atoms. The number of nitrogens with one attached hydrogen (secondary N) is 3. The number of H-pyrrole nitrogens is 1. The number of carboxylic acids is 1. The first-order chi connectivity index (χ1) is 12.5. The van der Waals surface area contributed by atoms with E-state index < -0.39 is 12.2 Å². The van der Waals surface area contributed by atoms with Crippen LogP contribution in [0.15, 0.2) is 36.4 Å². The van der Waals surface area contributed by atoms with Crippen molar-refractivity contribution in [1.82, 2.24) is 15.6 Å². The second-order valence-electron chi connectivity index (χ2n) is 6.37. The predicted octanol–water partition coefficient (Wildman–Crippen LogP) is 2.76. The van der Waals surface area contributed by atoms with Gasteiger partial charge in [-0.05, 0) is 35.4 Å². The lowest BCUT2D eigenvalue weighted by Crippen LogP contribution is -2.21. The number of hydrogen-bond donors (Lipinski definition) is 5. The van der Waals surface area contributed by atoms with E-state index >= 15 is 0 Å². The fourth-order valence-electron chi connectivity index (χ4n) is 3.42. The molecule has 5 N–H and O–H groups in total. The van der Waals surface area contributed by atoms with Crippen LogP contribution < -0.4 is 10.6 Å². The molecule has 6 nitrogen and oxygen atoms in total. The Kier molecular flexibility index (Phi) is 4.42. The zero-order valence-corrected chi connectivity index (χ0v) is 14.6. The maximum absolute atomic E-state index is 10.6. The summed E-state index contributed by atoms with van der Waals surface area (Å²) in [6.45, 7) is 0.961. The van der Waals surface area contributed by atoms with Crippen LogP contribution in [0.25, 0.3) is 22.2 Å². The van der Waals surface area contributed by atoms with Crippen molar-refractivity contribution in [3.63, 3.8) is 0 Å². The molecule has 0 aliphatic carbocycles. The normalized spacial score (nSPS) is 16.2. The fourth-order valence-corrected chi connectivity index (χ4v) is 3.65. The van der Waals surface area contributed by atoms with Crippen molar-refractivity contribution in [2.45, 2.75) is 19.3 Å². The van der Waals surface area contributed by atoms with Gasteiger partial charge in [0.25, 0.3) is 0 Å². The van der Waals surface area contributed by atoms with E-state index in [2.05, 4.69) is 15.6 Å². The fraction of sp³-hybridized carbons (Fsp3) is 0.211. The highest BCUT2D eigenvalue weighted by Gasteiger charge is 2.26. The largest absolute Gasteiger partial charge is 0.480 e. The topological polar surface area (TPSA) is 97.4 Å². The monoisotopic (exact) mass is 371 g/mol. The molecule has 0 radical (unpaired) electrons. The van der Waals surface area contributed by atoms with Gasteiger partial charge in [0.2, 0.25) is 0 Å². The molecule has 0 spiro atoms. The van der Waals surface area contributed by atoms with Gasteiger partial charge in [0, 0.05) is 45.8 Å². The minimum Gasteiger partial charge on any atom is -0.480 e. The lowest BCUT2D eigenvalue weighted by molar-refractivity contribution is -0.135. The molecule has 4 rings (SSSR count). The van der Waals surface area contributed by atoms with Crippen LogP contribution in [0.1, 0.15) is 22.9 Å². The Morgan fingerprint density at radius 1 is 1.27 bits per heavy atom. The number of rotatable bonds is 5. The first-order valence-electron chi connectivity index (χ1n) is 8.30. The van der Waals surface area contributed by atoms with Gasteiger partial charge in [0.15, 0.2) is 0 Å². The number of aliphatic hydroxyl groups is 1. The van der Waals surface area contributed by atoms with E-state index in [-0.39, 0.29) is 6.54 Å². The van der Waals surface area contributed by atoms with Crippen molar-refractivity contribution in [3.05, 3.63) is 58.1 Å². The molecule has 3 aromatic rings. The van der Waals surface area contributed by atoms with E-state index in [1.165, 1.54) is 0 Å². The van der Waals surface area contributed by atoms with Crippen LogP contribution in [-0.2, 0) is 17.9 Å². The molecule has 1 aliphatic rings. The van der Waals surface area contributed by atoms with Crippen molar-refractivity contribution in [2.75, 3.05) is 6.54 Å². The van der Waals surface area contributed by atoms with E-state index in [0.717, 1.165) is 38.9 Å². The van der Waals surface area contributed by atoms with E-state index in [1.54, 1.807) is 0 Å². The Labute approximate surface area is 154 Å². The predicted molar refractivity (Wildman–Crippen MR) is 99.9 cm³/mol. The molecule has 0 saturated heterocycles. The van der Waals surface area contributed by atoms with Crippen molar-refractivity contribution in [1.29, 1.82) is 0 Å². The average molecular weight is 372 g/mol. The molecule has 1 aromatic heterocycles. The highest BCUT2D eigenvalue weighted by atomic mass is 35.5. The molecule has 0 bridgehead atoms. The quantitative estimate of drug-likeness (QED) is 0.475. The molecule has 0 amide bonds. The minimum absolute atomic E-state index is 0.0712. The first kappa shape index (κ1) is 17.1. The van der Waals surface area contributed by atoms with Gasteiger partial charge in [-0.2, -0.15) is 0 Å². The van der Waals surface area contributed by atoms with Crippen LogP contribution >= 0.6 is 11.6 Å². The molecule has 1 unspecified atom stereocenters. The van der Waals surface area contributed by atoms with Crippen molar-refractivity contribution in [2.24, 2.45) is 0 Å². The number of fused-ring (bicyclic) bond motifs is 2. The molecule has 2 aromatic carbocycles. The summed E-state index contributed by atoms with van der Waals surface area (Å²) in [7, 11) is 0. The number of aromatic nitrogens is 1. The van der Waals surface area contributed by atoms with Crippen molar-refractivity contribution in [3.8, 4) is 11.3 Å². The van der Waals surface area contributed by atoms with Crippen LogP contribution in [0.3, 0.4) is 0 Å². The third kappa shape index (κ3) is 3.08. The lowest BCUT2D eigenvalue weighted by Gasteiger charge is -2.11. The smallest absolute Gasteiger partial charge is 0.317 e. The third-order valence-corrected chi connectivity index (χ3v) is 4.98. The molecule has 7 heteroatoms. The number of halogens is 1. The van der Waals surface area contributed by atoms with E-state index in [1.807, 2.05) is 36.4 Å². The van der Waals surface area contributed by atoms with Gasteiger partial charge in [-0.3, -0.25) is 10.1 Å². The second-order valence-corrected chi connectivity index (χ2v) is 6.78. The summed E-state index contributed by atoms with van der Waals surface area (Å²) in [5.74, 6) is -0.876. The average Bonchev–Trinajstić information content (AvgIpc) is 3.19. The maximum Gasteiger partial charge on any atom is 0.317 e. The number of aliphatic hydroxyl groups excluding tert-OH is 1. The van der Waals surface area contributed by atoms with Crippen LogP contribution in [0.2, 0.25) is 5.02 Å². The number of carboxylic acid groups (broad SMARTS) is 1. The van der Waals surface area contributed by atoms with Crippen LogP contribution in [0, 0.1) is 0 Å². The summed E-state index contributed by atoms with van der Waals surface area (Å²) in [4.78, 5) is 14.0. The van der Waals surface area contributed by atoms with Gasteiger partial charge < -0.3 is 20.5 Å². The maximum atomic E-state index is 10.6. The van der Waals surface area contributed by atoms with Gasteiger partial charge in [-0.15, -0.1) is 0 Å². The first-order valence-corrected chi connectivity index (χ1v) is 8.68. The van der Waals surface area contributed by atoms with Gasteiger partial charge >= 0.3 is 5.97 Å². The summed E-state index contributed by atoms with van der Waals surface area (Å²) in [5.41, 5.74) is 5.55. The third-order valence-electron chi connectivity index (χ3n) is 4.63. The van der Waals surface area contributed by atoms with Crippen LogP contribution in [-0.4, -0.2) is 27.7 Å². The lowest BCUT2D eigenvalue weighted by atomic mass is 10.00. The Hall–Kier alpha value is -2.38. The highest BCUT2D eigenvalue weighted by Crippen LogP contribution is 2.38. The Morgan fingerprint density at radius 2 is 2.12 bits per heavy atom. The van der Waals surface area contributed by atoms with Crippen molar-refractivity contribution >= 4 is 28.5 Å². The number of aliphatic carboxylic acids is 1. The van der Waals surface area contributed by atoms with Gasteiger partial charge in [0.1, 0.15) is 6.23 Å². The van der Waals surface area contributed by atoms with Gasteiger partial charge in [0.05, 0.1) is 6.54 Å². The molecular formula is C19H18ClN3O3. The number of hydrogen-bond acceptors (Lipinski definition) is 4. The number of benzene rings is 2. The number of carbonyl (C=O) groups is 1. The standard InChI is InChI=1S/C19H18ClN3O3/c20-14-3-2-12(18-13(14)8-22-19(18)26)16-6-11-5-10(1-4-15(11)23-16)7-21-9-17(24)25/h1-6,19,21-23,26H,7-9H2,(H,24,25). The van der Waals surface area contributed by atoms with Gasteiger partial charge in [-0.25, -0.2) is 0 Å². The van der Waals surface area contributed by atoms with Crippen LogP contribution in [0.5, 0.6) is 0 Å². The Bertz CT molecular complexity index is 999. The molecule has 0 saturated carbocycles. The number of aromatic amines is 1. The SMILES string of the molecule is O=C(O)CNCc1ccc2[nH]c(-c3ccc(Cl)c4c3C(O)NC4)cc2c1. The molecule has 134 valence electrons. The highest BCUT2D eigenvalue weighted by molar-refractivity contribution is 6.31. The summed E-state index contributed by atoms with van der Waals surface area (Å²) in [5, 5.41) is 26.5. The molecule has 0 fully saturated rings. The molecule has 1 aliphatic heterocycles. The summed E-state index contributed by atoms with van der Waals surface area (Å²) in [6.07, 6.45) is -0.735. The van der Waals surface area contributed by atoms with Crippen molar-refractivity contribution < 1.29 is 15.0 Å². The second kappa shape index (κ2) is 6.74. The van der Waals surface area contributed by atoms with Gasteiger partial charge in [-0.1, -0.05) is 23.7 Å². The summed E-state index contributed by atoms with van der Waals surface area (Å²) in [6, 6.07) is 11.8. The van der Waals surface area contributed by atoms with E-state index in [4.69, 9.17) is 16.7 Å². The zero-order valence-electron chi connectivity index (χ0n) is 13.8. The summed E-state index contributed by atoms with van der Waals surface area (Å²) >= 11 is 6.25. The van der Waals surface area contributed by atoms with Crippen LogP contribution in [0.4, 0.5) is 0 Å². The van der Waals surface area contributed by atoms with E-state index in [0.29, 0.717) is 18.1 Å². The molecule has 2 heterocycles. The summed E-state index contributed by atoms with van der Waals surface area (Å²) < 4.78 is 0. The molecular weight excluding hydrogens is 354 g/mol.